The van der Waals surface area contributed by atoms with E-state index in [1.165, 1.54) is 76.2 Å². The summed E-state index contributed by atoms with van der Waals surface area (Å²) in [6, 6.07) is 10.4. The molecule has 0 amide bonds. The van der Waals surface area contributed by atoms with Crippen LogP contribution in [-0.2, 0) is 16.1 Å². The number of ether oxygens (including phenoxy) is 2. The molecule has 1 aromatic rings. The maximum absolute atomic E-state index is 10.1. The summed E-state index contributed by atoms with van der Waals surface area (Å²) < 4.78 is 11.3. The van der Waals surface area contributed by atoms with Gasteiger partial charge in [-0.15, -0.1) is 0 Å². The summed E-state index contributed by atoms with van der Waals surface area (Å²) in [7, 11) is 0. The smallest absolute Gasteiger partial charge is 0.0716 e. The van der Waals surface area contributed by atoms with Crippen LogP contribution in [-0.4, -0.2) is 31.0 Å². The fourth-order valence-electron chi connectivity index (χ4n) is 3.66. The van der Waals surface area contributed by atoms with Gasteiger partial charge in [-0.05, 0) is 37.7 Å². The highest BCUT2D eigenvalue weighted by atomic mass is 16.5. The van der Waals surface area contributed by atoms with Crippen LogP contribution in [0.1, 0.15) is 109 Å². The maximum Gasteiger partial charge on any atom is 0.0716 e. The minimum Gasteiger partial charge on any atom is -0.393 e. The number of aliphatic hydroxyl groups excluding tert-OH is 1. The third-order valence-corrected chi connectivity index (χ3v) is 5.66. The second-order valence-corrected chi connectivity index (χ2v) is 8.62. The van der Waals surface area contributed by atoms with E-state index in [4.69, 9.17) is 9.47 Å². The molecule has 30 heavy (non-hydrogen) atoms. The molecule has 0 saturated carbocycles. The van der Waals surface area contributed by atoms with Crippen molar-refractivity contribution < 1.29 is 14.6 Å². The molecule has 0 aliphatic carbocycles. The van der Waals surface area contributed by atoms with E-state index in [0.29, 0.717) is 0 Å². The molecular weight excluding hydrogens is 372 g/mol. The standard InChI is InChI=1S/C27H48O3/c1-2-3-22-29-23-17-11-15-21-27(28)20-14-8-6-4-5-7-9-16-24-30-25-26-18-12-10-13-19-26/h10,12-13,18-19,27-28H,2-9,11,14-17,20-25H2,1H3. The molecule has 0 fully saturated rings. The highest BCUT2D eigenvalue weighted by Crippen LogP contribution is 2.14. The number of benzene rings is 1. The molecular formula is C27H48O3. The Kier molecular flexibility index (Phi) is 19.3. The van der Waals surface area contributed by atoms with Crippen molar-refractivity contribution in [3.05, 3.63) is 35.9 Å². The fraction of sp³-hybridized carbons (Fsp3) is 0.778. The Morgan fingerprint density at radius 3 is 1.77 bits per heavy atom. The van der Waals surface area contributed by atoms with Crippen LogP contribution < -0.4 is 0 Å². The zero-order chi connectivity index (χ0) is 21.5. The Hall–Kier alpha value is -0.900. The van der Waals surface area contributed by atoms with Gasteiger partial charge < -0.3 is 14.6 Å². The Labute approximate surface area is 186 Å². The van der Waals surface area contributed by atoms with Crippen LogP contribution in [0, 0.1) is 0 Å². The fourth-order valence-corrected chi connectivity index (χ4v) is 3.66. The quantitative estimate of drug-likeness (QED) is 0.198. The van der Waals surface area contributed by atoms with Gasteiger partial charge in [-0.1, -0.05) is 101 Å². The summed E-state index contributed by atoms with van der Waals surface area (Å²) in [4.78, 5) is 0. The minimum absolute atomic E-state index is 0.0955. The average Bonchev–Trinajstić information content (AvgIpc) is 2.77. The van der Waals surface area contributed by atoms with E-state index < -0.39 is 0 Å². The van der Waals surface area contributed by atoms with Gasteiger partial charge in [0.05, 0.1) is 12.7 Å². The first kappa shape index (κ1) is 27.1. The topological polar surface area (TPSA) is 38.7 Å². The molecule has 0 spiro atoms. The molecule has 3 nitrogen and oxygen atoms in total. The van der Waals surface area contributed by atoms with Crippen molar-refractivity contribution in [2.24, 2.45) is 0 Å². The molecule has 1 atom stereocenters. The third kappa shape index (κ3) is 17.9. The number of aliphatic hydroxyl groups is 1. The van der Waals surface area contributed by atoms with E-state index in [1.807, 2.05) is 6.07 Å². The minimum atomic E-state index is -0.0955. The summed E-state index contributed by atoms with van der Waals surface area (Å²) in [5.41, 5.74) is 1.26. The highest BCUT2D eigenvalue weighted by molar-refractivity contribution is 5.13. The van der Waals surface area contributed by atoms with Crippen molar-refractivity contribution >= 4 is 0 Å². The van der Waals surface area contributed by atoms with E-state index in [0.717, 1.165) is 52.1 Å². The number of unbranched alkanes of at least 4 members (excludes halogenated alkanes) is 10. The molecule has 174 valence electrons. The van der Waals surface area contributed by atoms with Gasteiger partial charge in [0.1, 0.15) is 0 Å². The molecule has 3 heteroatoms. The van der Waals surface area contributed by atoms with Crippen molar-refractivity contribution in [3.8, 4) is 0 Å². The van der Waals surface area contributed by atoms with Gasteiger partial charge in [0.15, 0.2) is 0 Å². The van der Waals surface area contributed by atoms with Crippen LogP contribution in [0.15, 0.2) is 30.3 Å². The van der Waals surface area contributed by atoms with Crippen molar-refractivity contribution in [2.75, 3.05) is 19.8 Å². The van der Waals surface area contributed by atoms with Crippen LogP contribution in [0.25, 0.3) is 0 Å². The lowest BCUT2D eigenvalue weighted by Crippen LogP contribution is -2.06. The third-order valence-electron chi connectivity index (χ3n) is 5.66. The molecule has 0 aliphatic rings. The van der Waals surface area contributed by atoms with Crippen LogP contribution in [0.4, 0.5) is 0 Å². The second-order valence-electron chi connectivity index (χ2n) is 8.62. The largest absolute Gasteiger partial charge is 0.393 e. The molecule has 0 bridgehead atoms. The van der Waals surface area contributed by atoms with Gasteiger partial charge in [-0.25, -0.2) is 0 Å². The maximum atomic E-state index is 10.1. The van der Waals surface area contributed by atoms with Gasteiger partial charge in [-0.2, -0.15) is 0 Å². The van der Waals surface area contributed by atoms with Gasteiger partial charge in [0, 0.05) is 19.8 Å². The molecule has 0 aliphatic heterocycles. The Balaban J connectivity index is 1.73. The number of hydrogen-bond acceptors (Lipinski definition) is 3. The summed E-state index contributed by atoms with van der Waals surface area (Å²) in [5.74, 6) is 0. The molecule has 1 rings (SSSR count). The van der Waals surface area contributed by atoms with E-state index >= 15 is 0 Å². The normalized spacial score (nSPS) is 12.3. The zero-order valence-electron chi connectivity index (χ0n) is 19.7. The summed E-state index contributed by atoms with van der Waals surface area (Å²) in [6.07, 6.45) is 17.9. The Morgan fingerprint density at radius 1 is 0.633 bits per heavy atom. The lowest BCUT2D eigenvalue weighted by molar-refractivity contribution is 0.116. The molecule has 0 heterocycles. The number of rotatable bonds is 22. The van der Waals surface area contributed by atoms with E-state index in [2.05, 4.69) is 31.2 Å². The average molecular weight is 421 g/mol. The van der Waals surface area contributed by atoms with Gasteiger partial charge in [0.2, 0.25) is 0 Å². The summed E-state index contributed by atoms with van der Waals surface area (Å²) in [6.45, 7) is 5.59. The Bertz CT molecular complexity index is 449. The van der Waals surface area contributed by atoms with Crippen molar-refractivity contribution in [1.29, 1.82) is 0 Å². The van der Waals surface area contributed by atoms with Crippen molar-refractivity contribution in [2.45, 2.75) is 116 Å². The first-order valence-electron chi connectivity index (χ1n) is 12.7. The van der Waals surface area contributed by atoms with Gasteiger partial charge >= 0.3 is 0 Å². The van der Waals surface area contributed by atoms with Crippen LogP contribution in [0.2, 0.25) is 0 Å². The predicted molar refractivity (Wildman–Crippen MR) is 128 cm³/mol. The first-order chi connectivity index (χ1) is 14.8. The molecule has 1 aromatic carbocycles. The number of hydrogen-bond donors (Lipinski definition) is 1. The molecule has 0 saturated heterocycles. The molecule has 0 aromatic heterocycles. The molecule has 0 radical (unpaired) electrons. The zero-order valence-corrected chi connectivity index (χ0v) is 19.7. The van der Waals surface area contributed by atoms with Crippen LogP contribution in [0.5, 0.6) is 0 Å². The monoisotopic (exact) mass is 420 g/mol. The van der Waals surface area contributed by atoms with Gasteiger partial charge in [0.25, 0.3) is 0 Å². The second kappa shape index (κ2) is 21.3. The summed E-state index contributed by atoms with van der Waals surface area (Å²) in [5, 5.41) is 10.1. The SMILES string of the molecule is CCCCOCCCCCC(O)CCCCCCCCCCOCc1ccccc1. The van der Waals surface area contributed by atoms with Crippen LogP contribution >= 0.6 is 0 Å². The van der Waals surface area contributed by atoms with E-state index in [1.54, 1.807) is 0 Å². The summed E-state index contributed by atoms with van der Waals surface area (Å²) >= 11 is 0. The van der Waals surface area contributed by atoms with E-state index in [9.17, 15) is 5.11 Å². The lowest BCUT2D eigenvalue weighted by atomic mass is 10.0. The van der Waals surface area contributed by atoms with Crippen LogP contribution in [0.3, 0.4) is 0 Å². The Morgan fingerprint density at radius 2 is 1.13 bits per heavy atom. The van der Waals surface area contributed by atoms with E-state index in [-0.39, 0.29) is 6.10 Å². The predicted octanol–water partition coefficient (Wildman–Crippen LogP) is 7.45. The lowest BCUT2D eigenvalue weighted by Gasteiger charge is -2.10. The van der Waals surface area contributed by atoms with Crippen molar-refractivity contribution in [1.82, 2.24) is 0 Å². The van der Waals surface area contributed by atoms with Crippen molar-refractivity contribution in [3.63, 3.8) is 0 Å². The van der Waals surface area contributed by atoms with Gasteiger partial charge in [-0.3, -0.25) is 0 Å². The molecule has 1 unspecified atom stereocenters. The molecule has 1 N–H and O–H groups in total. The highest BCUT2D eigenvalue weighted by Gasteiger charge is 2.03. The first-order valence-corrected chi connectivity index (χ1v) is 12.7.